The number of likely N-dealkylation sites (tertiary alicyclic amines) is 1. The largest absolute Gasteiger partial charge is 0.350 e. The van der Waals surface area contributed by atoms with Gasteiger partial charge in [-0.2, -0.15) is 0 Å². The van der Waals surface area contributed by atoms with Gasteiger partial charge in [0.1, 0.15) is 0 Å². The van der Waals surface area contributed by atoms with E-state index in [1.165, 1.54) is 5.56 Å². The predicted molar refractivity (Wildman–Crippen MR) is 118 cm³/mol. The molecule has 1 fully saturated rings. The molecular formula is C23H24N4OS. The maximum Gasteiger partial charge on any atom is 0.254 e. The molecule has 2 aromatic carbocycles. The van der Waals surface area contributed by atoms with E-state index >= 15 is 0 Å². The number of rotatable bonds is 5. The van der Waals surface area contributed by atoms with Gasteiger partial charge >= 0.3 is 0 Å². The molecule has 5 nitrogen and oxygen atoms in total. The average Bonchev–Trinajstić information content (AvgIpc) is 3.23. The molecule has 2 heterocycles. The Morgan fingerprint density at radius 3 is 2.48 bits per heavy atom. The summed E-state index contributed by atoms with van der Waals surface area (Å²) >= 11 is 1.62. The molecule has 1 aliphatic rings. The average molecular weight is 405 g/mol. The van der Waals surface area contributed by atoms with E-state index in [0.29, 0.717) is 12.5 Å². The van der Waals surface area contributed by atoms with Gasteiger partial charge in [0.2, 0.25) is 5.95 Å². The van der Waals surface area contributed by atoms with Gasteiger partial charge in [-0.05, 0) is 42.4 Å². The van der Waals surface area contributed by atoms with Gasteiger partial charge in [0, 0.05) is 42.0 Å². The van der Waals surface area contributed by atoms with Crippen molar-refractivity contribution in [3.05, 3.63) is 72.1 Å². The minimum atomic E-state index is 0.0757. The number of nitrogens with one attached hydrogen (secondary N) is 1. The molecule has 6 heteroatoms. The zero-order chi connectivity index (χ0) is 20.2. The molecule has 29 heavy (non-hydrogen) atoms. The summed E-state index contributed by atoms with van der Waals surface area (Å²) in [6.07, 6.45) is 6.51. The van der Waals surface area contributed by atoms with Crippen molar-refractivity contribution in [2.24, 2.45) is 0 Å². The molecule has 1 aliphatic heterocycles. The minimum Gasteiger partial charge on any atom is -0.350 e. The molecule has 1 unspecified atom stereocenters. The van der Waals surface area contributed by atoms with Crippen molar-refractivity contribution in [2.45, 2.75) is 24.3 Å². The van der Waals surface area contributed by atoms with E-state index in [2.05, 4.69) is 34.3 Å². The molecule has 3 aromatic rings. The highest BCUT2D eigenvalue weighted by Crippen LogP contribution is 2.28. The number of hydrogen-bond donors (Lipinski definition) is 1. The van der Waals surface area contributed by atoms with Crippen molar-refractivity contribution in [3.8, 4) is 11.1 Å². The van der Waals surface area contributed by atoms with Gasteiger partial charge in [0.05, 0.1) is 0 Å². The Bertz CT molecular complexity index is 1010. The second-order valence-electron chi connectivity index (χ2n) is 7.19. The highest BCUT2D eigenvalue weighted by atomic mass is 32.2. The van der Waals surface area contributed by atoms with Crippen LogP contribution in [-0.4, -0.2) is 46.2 Å². The summed E-state index contributed by atoms with van der Waals surface area (Å²) in [4.78, 5) is 25.0. The first-order valence-corrected chi connectivity index (χ1v) is 10.9. The van der Waals surface area contributed by atoms with Gasteiger partial charge in [0.15, 0.2) is 0 Å². The normalized spacial score (nSPS) is 16.1. The number of carbonyl (C=O) groups is 1. The molecule has 0 aliphatic carbocycles. The molecule has 4 rings (SSSR count). The topological polar surface area (TPSA) is 58.1 Å². The van der Waals surface area contributed by atoms with Crippen molar-refractivity contribution in [1.82, 2.24) is 14.9 Å². The van der Waals surface area contributed by atoms with Gasteiger partial charge in [-0.1, -0.05) is 42.5 Å². The third kappa shape index (κ3) is 4.27. The summed E-state index contributed by atoms with van der Waals surface area (Å²) in [6, 6.07) is 16.2. The third-order valence-electron chi connectivity index (χ3n) is 5.27. The van der Waals surface area contributed by atoms with Gasteiger partial charge in [-0.25, -0.2) is 9.97 Å². The Morgan fingerprint density at radius 2 is 1.76 bits per heavy atom. The summed E-state index contributed by atoms with van der Waals surface area (Å²) in [5.74, 6) is 0.689. The highest BCUT2D eigenvalue weighted by molar-refractivity contribution is 7.98. The van der Waals surface area contributed by atoms with E-state index < -0.39 is 0 Å². The molecule has 148 valence electrons. The highest BCUT2D eigenvalue weighted by Gasteiger charge is 2.28. The number of carbonyl (C=O) groups excluding carboxylic acids is 1. The first kappa shape index (κ1) is 19.5. The fourth-order valence-corrected chi connectivity index (χ4v) is 4.01. The number of aromatic nitrogens is 2. The fraction of sp³-hybridized carbons (Fsp3) is 0.261. The Hall–Kier alpha value is -2.86. The van der Waals surface area contributed by atoms with E-state index in [1.807, 2.05) is 59.9 Å². The SMILES string of the molecule is CSc1cnc(NC2CCN(C(=O)c3ccccc3-c3ccccc3C)C2)nc1. The number of amides is 1. The van der Waals surface area contributed by atoms with Crippen LogP contribution in [0.2, 0.25) is 0 Å². The molecule has 0 saturated carbocycles. The van der Waals surface area contributed by atoms with Crippen molar-refractivity contribution < 1.29 is 4.79 Å². The Labute approximate surface area is 175 Å². The summed E-state index contributed by atoms with van der Waals surface area (Å²) in [7, 11) is 0. The van der Waals surface area contributed by atoms with Crippen LogP contribution in [0.15, 0.2) is 65.8 Å². The summed E-state index contributed by atoms with van der Waals surface area (Å²) in [6.45, 7) is 3.45. The molecule has 1 N–H and O–H groups in total. The van der Waals surface area contributed by atoms with Gasteiger partial charge in [-0.3, -0.25) is 4.79 Å². The monoisotopic (exact) mass is 404 g/mol. The van der Waals surface area contributed by atoms with E-state index in [-0.39, 0.29) is 11.9 Å². The molecule has 0 bridgehead atoms. The Kier molecular flexibility index (Phi) is 5.81. The molecular weight excluding hydrogens is 380 g/mol. The van der Waals surface area contributed by atoms with Crippen molar-refractivity contribution in [2.75, 3.05) is 24.7 Å². The first-order valence-electron chi connectivity index (χ1n) is 9.72. The van der Waals surface area contributed by atoms with Gasteiger partial charge in [-0.15, -0.1) is 11.8 Å². The van der Waals surface area contributed by atoms with E-state index in [0.717, 1.165) is 34.6 Å². The van der Waals surface area contributed by atoms with Crippen molar-refractivity contribution in [3.63, 3.8) is 0 Å². The van der Waals surface area contributed by atoms with Crippen molar-refractivity contribution >= 4 is 23.6 Å². The number of aryl methyl sites for hydroxylation is 1. The molecule has 1 aromatic heterocycles. The molecule has 0 radical (unpaired) electrons. The fourth-order valence-electron chi connectivity index (χ4n) is 3.69. The third-order valence-corrected chi connectivity index (χ3v) is 5.95. The zero-order valence-electron chi connectivity index (χ0n) is 16.6. The maximum absolute atomic E-state index is 13.3. The zero-order valence-corrected chi connectivity index (χ0v) is 17.4. The van der Waals surface area contributed by atoms with Gasteiger partial charge in [0.25, 0.3) is 5.91 Å². The summed E-state index contributed by atoms with van der Waals surface area (Å²) in [5, 5.41) is 3.36. The number of benzene rings is 2. The number of nitrogens with zero attached hydrogens (tertiary/aromatic N) is 3. The molecule has 1 amide bonds. The van der Waals surface area contributed by atoms with Crippen LogP contribution in [0.4, 0.5) is 5.95 Å². The molecule has 0 spiro atoms. The Morgan fingerprint density at radius 1 is 1.07 bits per heavy atom. The van der Waals surface area contributed by atoms with Crippen LogP contribution < -0.4 is 5.32 Å². The quantitative estimate of drug-likeness (QED) is 0.635. The molecule has 1 atom stereocenters. The summed E-state index contributed by atoms with van der Waals surface area (Å²) in [5.41, 5.74) is 4.01. The Balaban J connectivity index is 1.49. The van der Waals surface area contributed by atoms with Crippen LogP contribution in [0.3, 0.4) is 0 Å². The van der Waals surface area contributed by atoms with Crippen molar-refractivity contribution in [1.29, 1.82) is 0 Å². The van der Waals surface area contributed by atoms with Crippen LogP contribution >= 0.6 is 11.8 Å². The minimum absolute atomic E-state index is 0.0757. The lowest BCUT2D eigenvalue weighted by Crippen LogP contribution is -2.32. The smallest absolute Gasteiger partial charge is 0.254 e. The van der Waals surface area contributed by atoms with Crippen LogP contribution in [0, 0.1) is 6.92 Å². The molecule has 1 saturated heterocycles. The maximum atomic E-state index is 13.3. The van der Waals surface area contributed by atoms with Crippen LogP contribution in [0.5, 0.6) is 0 Å². The van der Waals surface area contributed by atoms with E-state index in [9.17, 15) is 4.79 Å². The van der Waals surface area contributed by atoms with Crippen LogP contribution in [0.1, 0.15) is 22.3 Å². The standard InChI is InChI=1S/C23H24N4OS/c1-16-7-3-4-8-19(16)20-9-5-6-10-21(20)22(28)27-12-11-17(15-27)26-23-24-13-18(29-2)14-25-23/h3-10,13-14,17H,11-12,15H2,1-2H3,(H,24,25,26). The second-order valence-corrected chi connectivity index (χ2v) is 8.07. The number of anilines is 1. The van der Waals surface area contributed by atoms with E-state index in [1.54, 1.807) is 11.8 Å². The summed E-state index contributed by atoms with van der Waals surface area (Å²) < 4.78 is 0. The van der Waals surface area contributed by atoms with Crippen LogP contribution in [0.25, 0.3) is 11.1 Å². The van der Waals surface area contributed by atoms with E-state index in [4.69, 9.17) is 0 Å². The lowest BCUT2D eigenvalue weighted by atomic mass is 9.95. The lowest BCUT2D eigenvalue weighted by Gasteiger charge is -2.19. The first-order chi connectivity index (χ1) is 14.2. The van der Waals surface area contributed by atoms with Crippen LogP contribution in [-0.2, 0) is 0 Å². The van der Waals surface area contributed by atoms with Gasteiger partial charge < -0.3 is 10.2 Å². The lowest BCUT2D eigenvalue weighted by molar-refractivity contribution is 0.0792. The number of hydrogen-bond acceptors (Lipinski definition) is 5. The second kappa shape index (κ2) is 8.66. The number of thioether (sulfide) groups is 1. The predicted octanol–water partition coefficient (Wildman–Crippen LogP) is 4.50.